The van der Waals surface area contributed by atoms with Gasteiger partial charge in [0.15, 0.2) is 12.7 Å². The molecule has 25 heavy (non-hydrogen) atoms. The predicted octanol–water partition coefficient (Wildman–Crippen LogP) is 3.77. The summed E-state index contributed by atoms with van der Waals surface area (Å²) in [5.41, 5.74) is 1.40. The molecule has 0 aromatic heterocycles. The molecule has 0 spiro atoms. The van der Waals surface area contributed by atoms with Crippen LogP contribution in [0.3, 0.4) is 0 Å². The molecule has 0 saturated heterocycles. The summed E-state index contributed by atoms with van der Waals surface area (Å²) in [5, 5.41) is 2.81. The molecule has 0 fully saturated rings. The van der Waals surface area contributed by atoms with Gasteiger partial charge in [-0.1, -0.05) is 33.6 Å². The second-order valence-corrected chi connectivity index (χ2v) is 6.94. The van der Waals surface area contributed by atoms with Crippen molar-refractivity contribution in [2.45, 2.75) is 45.1 Å². The summed E-state index contributed by atoms with van der Waals surface area (Å²) in [4.78, 5) is 23.8. The van der Waals surface area contributed by atoms with Gasteiger partial charge in [0.2, 0.25) is 0 Å². The van der Waals surface area contributed by atoms with Crippen LogP contribution < -0.4 is 10.1 Å². The van der Waals surface area contributed by atoms with Gasteiger partial charge in [-0.25, -0.2) is 4.79 Å². The lowest BCUT2D eigenvalue weighted by atomic mass is 9.97. The monoisotopic (exact) mass is 409 g/mol. The highest BCUT2D eigenvalue weighted by atomic mass is 79.9. The van der Waals surface area contributed by atoms with Gasteiger partial charge in [0.1, 0.15) is 5.75 Å². The molecular formula is C19H24BrNO4. The molecule has 0 saturated carbocycles. The van der Waals surface area contributed by atoms with Crippen molar-refractivity contribution in [3.8, 4) is 5.75 Å². The quantitative estimate of drug-likeness (QED) is 0.524. The molecule has 0 heterocycles. The van der Waals surface area contributed by atoms with E-state index >= 15 is 0 Å². The normalized spacial score (nSPS) is 15.0. The zero-order chi connectivity index (χ0) is 18.1. The van der Waals surface area contributed by atoms with Gasteiger partial charge in [0, 0.05) is 11.0 Å². The Bertz CT molecular complexity index is 630. The van der Waals surface area contributed by atoms with Crippen molar-refractivity contribution in [3.05, 3.63) is 40.4 Å². The number of nitrogens with one attached hydrogen (secondary N) is 1. The molecule has 1 aliphatic carbocycles. The Morgan fingerprint density at radius 1 is 1.32 bits per heavy atom. The Balaban J connectivity index is 1.65. The lowest BCUT2D eigenvalue weighted by Crippen LogP contribution is -2.37. The lowest BCUT2D eigenvalue weighted by molar-refractivity contribution is -0.156. The third-order valence-electron chi connectivity index (χ3n) is 3.96. The maximum Gasteiger partial charge on any atom is 0.344 e. The molecule has 2 rings (SSSR count). The number of amides is 1. The summed E-state index contributed by atoms with van der Waals surface area (Å²) in [6.07, 6.45) is 7.02. The first-order valence-electron chi connectivity index (χ1n) is 8.58. The average molecular weight is 410 g/mol. The lowest BCUT2D eigenvalue weighted by Gasteiger charge is -2.16. The minimum absolute atomic E-state index is 0.235. The number of carbonyl (C=O) groups excluding carboxylic acids is 2. The fraction of sp³-hybridized carbons (Fsp3) is 0.474. The van der Waals surface area contributed by atoms with Crippen LogP contribution in [0.2, 0.25) is 0 Å². The predicted molar refractivity (Wildman–Crippen MR) is 99.4 cm³/mol. The first kappa shape index (κ1) is 19.5. The molecule has 136 valence electrons. The molecular weight excluding hydrogens is 386 g/mol. The Hall–Kier alpha value is -1.82. The van der Waals surface area contributed by atoms with Crippen LogP contribution in [-0.2, 0) is 14.3 Å². The first-order chi connectivity index (χ1) is 12.0. The number of allylic oxidation sites excluding steroid dienone is 1. The highest BCUT2D eigenvalue weighted by molar-refractivity contribution is 9.10. The molecule has 6 heteroatoms. The zero-order valence-corrected chi connectivity index (χ0v) is 16.0. The second-order valence-electron chi connectivity index (χ2n) is 6.03. The van der Waals surface area contributed by atoms with Crippen molar-refractivity contribution in [3.63, 3.8) is 0 Å². The fourth-order valence-corrected chi connectivity index (χ4v) is 2.98. The number of halogens is 1. The van der Waals surface area contributed by atoms with Crippen molar-refractivity contribution in [2.75, 3.05) is 13.2 Å². The van der Waals surface area contributed by atoms with E-state index in [9.17, 15) is 9.59 Å². The molecule has 1 N–H and O–H groups in total. The molecule has 1 atom stereocenters. The second kappa shape index (κ2) is 10.2. The number of carbonyl (C=O) groups is 2. The fourth-order valence-electron chi connectivity index (χ4n) is 2.61. The topological polar surface area (TPSA) is 64.6 Å². The molecule has 1 aromatic rings. The van der Waals surface area contributed by atoms with Crippen molar-refractivity contribution < 1.29 is 19.1 Å². The third-order valence-corrected chi connectivity index (χ3v) is 4.45. The highest BCUT2D eigenvalue weighted by Gasteiger charge is 2.18. The Morgan fingerprint density at radius 2 is 2.16 bits per heavy atom. The average Bonchev–Trinajstić information content (AvgIpc) is 2.61. The van der Waals surface area contributed by atoms with Crippen LogP contribution in [0.15, 0.2) is 40.4 Å². The van der Waals surface area contributed by atoms with E-state index < -0.39 is 12.1 Å². The summed E-state index contributed by atoms with van der Waals surface area (Å²) < 4.78 is 11.3. The molecule has 0 unspecified atom stereocenters. The van der Waals surface area contributed by atoms with Crippen LogP contribution >= 0.6 is 15.9 Å². The van der Waals surface area contributed by atoms with Gasteiger partial charge < -0.3 is 14.8 Å². The Kier molecular flexibility index (Phi) is 7.98. The molecule has 0 aliphatic heterocycles. The van der Waals surface area contributed by atoms with Crippen LogP contribution in [0.4, 0.5) is 0 Å². The summed E-state index contributed by atoms with van der Waals surface area (Å²) in [6.45, 7) is 1.90. The Morgan fingerprint density at radius 3 is 2.88 bits per heavy atom. The molecule has 1 aromatic carbocycles. The number of hydrogen-bond donors (Lipinski definition) is 1. The standard InChI is InChI=1S/C19H24BrNO4/c1-14(19(23)21-11-10-15-6-3-2-4-7-15)25-18(22)13-24-17-9-5-8-16(20)12-17/h5-6,8-9,12,14H,2-4,7,10-11,13H2,1H3,(H,21,23)/t14-/m0/s1. The first-order valence-corrected chi connectivity index (χ1v) is 9.37. The SMILES string of the molecule is C[C@H](OC(=O)COc1cccc(Br)c1)C(=O)NCCC1=CCCCC1. The van der Waals surface area contributed by atoms with Gasteiger partial charge in [0.25, 0.3) is 5.91 Å². The van der Waals surface area contributed by atoms with E-state index in [1.165, 1.54) is 18.4 Å². The van der Waals surface area contributed by atoms with E-state index in [1.54, 1.807) is 19.1 Å². The van der Waals surface area contributed by atoms with Crippen LogP contribution in [-0.4, -0.2) is 31.1 Å². The van der Waals surface area contributed by atoms with Crippen LogP contribution in [0.5, 0.6) is 5.75 Å². The van der Waals surface area contributed by atoms with E-state index in [4.69, 9.17) is 9.47 Å². The summed E-state index contributed by atoms with van der Waals surface area (Å²) >= 11 is 3.33. The number of esters is 1. The van der Waals surface area contributed by atoms with E-state index in [2.05, 4.69) is 27.3 Å². The van der Waals surface area contributed by atoms with E-state index in [0.717, 1.165) is 23.7 Å². The molecule has 0 bridgehead atoms. The minimum atomic E-state index is -0.834. The van der Waals surface area contributed by atoms with E-state index in [1.807, 2.05) is 12.1 Å². The van der Waals surface area contributed by atoms with Crippen LogP contribution in [0, 0.1) is 0 Å². The van der Waals surface area contributed by atoms with Gasteiger partial charge in [-0.2, -0.15) is 0 Å². The minimum Gasteiger partial charge on any atom is -0.482 e. The van der Waals surface area contributed by atoms with Gasteiger partial charge in [0.05, 0.1) is 0 Å². The van der Waals surface area contributed by atoms with Crippen molar-refractivity contribution in [2.24, 2.45) is 0 Å². The number of hydrogen-bond acceptors (Lipinski definition) is 4. The van der Waals surface area contributed by atoms with Gasteiger partial charge in [-0.05, 0) is 57.2 Å². The number of ether oxygens (including phenoxy) is 2. The van der Waals surface area contributed by atoms with Gasteiger partial charge >= 0.3 is 5.97 Å². The molecule has 0 radical (unpaired) electrons. The maximum atomic E-state index is 12.0. The van der Waals surface area contributed by atoms with Crippen LogP contribution in [0.1, 0.15) is 39.0 Å². The van der Waals surface area contributed by atoms with Crippen LogP contribution in [0.25, 0.3) is 0 Å². The third kappa shape index (κ3) is 7.30. The number of rotatable bonds is 8. The van der Waals surface area contributed by atoms with Crippen molar-refractivity contribution >= 4 is 27.8 Å². The van der Waals surface area contributed by atoms with Crippen molar-refractivity contribution in [1.82, 2.24) is 5.32 Å². The summed E-state index contributed by atoms with van der Waals surface area (Å²) in [6, 6.07) is 7.17. The maximum absolute atomic E-state index is 12.0. The highest BCUT2D eigenvalue weighted by Crippen LogP contribution is 2.19. The van der Waals surface area contributed by atoms with Gasteiger partial charge in [-0.3, -0.25) is 4.79 Å². The smallest absolute Gasteiger partial charge is 0.344 e. The zero-order valence-electron chi connectivity index (χ0n) is 14.4. The largest absolute Gasteiger partial charge is 0.482 e. The van der Waals surface area contributed by atoms with E-state index in [0.29, 0.717) is 12.3 Å². The summed E-state index contributed by atoms with van der Waals surface area (Å²) in [7, 11) is 0. The van der Waals surface area contributed by atoms with Crippen molar-refractivity contribution in [1.29, 1.82) is 0 Å². The van der Waals surface area contributed by atoms with Gasteiger partial charge in [-0.15, -0.1) is 0 Å². The molecule has 5 nitrogen and oxygen atoms in total. The Labute approximate surface area is 156 Å². The van der Waals surface area contributed by atoms with E-state index in [-0.39, 0.29) is 12.5 Å². The summed E-state index contributed by atoms with van der Waals surface area (Å²) in [5.74, 6) is -0.297. The molecule has 1 amide bonds. The molecule has 1 aliphatic rings. The number of benzene rings is 1.